The molecule has 2 atom stereocenters. The molecule has 2 nitrogen and oxygen atoms in total. The highest BCUT2D eigenvalue weighted by molar-refractivity contribution is 4.84. The lowest BCUT2D eigenvalue weighted by Gasteiger charge is -2.32. The number of hydrogen-bond acceptors (Lipinski definition) is 2. The Morgan fingerprint density at radius 3 is 2.00 bits per heavy atom. The number of nitrogens with one attached hydrogen (secondary N) is 1. The highest BCUT2D eigenvalue weighted by Gasteiger charge is 2.25. The third-order valence-electron chi connectivity index (χ3n) is 4.03. The van der Waals surface area contributed by atoms with Crippen LogP contribution in [0.5, 0.6) is 0 Å². The van der Waals surface area contributed by atoms with Gasteiger partial charge in [0, 0.05) is 12.1 Å². The Hall–Kier alpha value is -0.0800. The van der Waals surface area contributed by atoms with Crippen LogP contribution >= 0.6 is 0 Å². The van der Waals surface area contributed by atoms with Gasteiger partial charge in [0.15, 0.2) is 0 Å². The molecule has 88 valence electrons. The molecule has 0 aromatic carbocycles. The summed E-state index contributed by atoms with van der Waals surface area (Å²) in [5, 5.41) is 13.6. The molecular formula is C13H25NO. The van der Waals surface area contributed by atoms with E-state index in [0.717, 1.165) is 6.42 Å². The van der Waals surface area contributed by atoms with Gasteiger partial charge in [0.05, 0.1) is 6.10 Å². The summed E-state index contributed by atoms with van der Waals surface area (Å²) in [5.41, 5.74) is 0. The van der Waals surface area contributed by atoms with Crippen molar-refractivity contribution in [1.29, 1.82) is 0 Å². The molecule has 0 aliphatic heterocycles. The Morgan fingerprint density at radius 1 is 0.733 bits per heavy atom. The number of hydrogen-bond donors (Lipinski definition) is 2. The Morgan fingerprint density at radius 2 is 1.33 bits per heavy atom. The molecule has 2 rings (SSSR count). The number of aliphatic hydroxyl groups is 1. The molecule has 2 heteroatoms. The van der Waals surface area contributed by atoms with Crippen LogP contribution in [0.15, 0.2) is 0 Å². The van der Waals surface area contributed by atoms with Gasteiger partial charge < -0.3 is 10.4 Å². The Kier molecular flexibility index (Phi) is 4.45. The lowest BCUT2D eigenvalue weighted by Crippen LogP contribution is -2.46. The summed E-state index contributed by atoms with van der Waals surface area (Å²) in [6.45, 7) is 0. The van der Waals surface area contributed by atoms with Crippen molar-refractivity contribution in [3.05, 3.63) is 0 Å². The highest BCUT2D eigenvalue weighted by Crippen LogP contribution is 2.22. The summed E-state index contributed by atoms with van der Waals surface area (Å²) in [5.74, 6) is 0. The SMILES string of the molecule is O[C@@H]1CCCC[C@@H]1NC1CCCCCC1. The van der Waals surface area contributed by atoms with Crippen LogP contribution in [0.25, 0.3) is 0 Å². The molecule has 0 amide bonds. The van der Waals surface area contributed by atoms with Crippen molar-refractivity contribution in [3.8, 4) is 0 Å². The highest BCUT2D eigenvalue weighted by atomic mass is 16.3. The van der Waals surface area contributed by atoms with Gasteiger partial charge in [0.25, 0.3) is 0 Å². The summed E-state index contributed by atoms with van der Waals surface area (Å²) < 4.78 is 0. The van der Waals surface area contributed by atoms with Gasteiger partial charge in [-0.3, -0.25) is 0 Å². The summed E-state index contributed by atoms with van der Waals surface area (Å²) >= 11 is 0. The smallest absolute Gasteiger partial charge is 0.0693 e. The first-order chi connectivity index (χ1) is 7.36. The first-order valence-electron chi connectivity index (χ1n) is 6.80. The van der Waals surface area contributed by atoms with E-state index in [1.54, 1.807) is 0 Å². The summed E-state index contributed by atoms with van der Waals surface area (Å²) in [6, 6.07) is 1.08. The normalized spacial score (nSPS) is 35.0. The van der Waals surface area contributed by atoms with E-state index in [4.69, 9.17) is 0 Å². The topological polar surface area (TPSA) is 32.3 Å². The number of aliphatic hydroxyl groups excluding tert-OH is 1. The lowest BCUT2D eigenvalue weighted by atomic mass is 9.91. The third-order valence-corrected chi connectivity index (χ3v) is 4.03. The van der Waals surface area contributed by atoms with Gasteiger partial charge in [-0.25, -0.2) is 0 Å². The van der Waals surface area contributed by atoms with E-state index in [9.17, 15) is 5.11 Å². The molecule has 15 heavy (non-hydrogen) atoms. The van der Waals surface area contributed by atoms with Crippen LogP contribution in [0.4, 0.5) is 0 Å². The molecule has 0 aromatic heterocycles. The zero-order valence-electron chi connectivity index (χ0n) is 9.75. The van der Waals surface area contributed by atoms with E-state index in [1.165, 1.54) is 57.8 Å². The second-order valence-corrected chi connectivity index (χ2v) is 5.31. The molecule has 2 saturated carbocycles. The number of rotatable bonds is 2. The first kappa shape index (κ1) is 11.4. The predicted molar refractivity (Wildman–Crippen MR) is 62.9 cm³/mol. The van der Waals surface area contributed by atoms with Crippen molar-refractivity contribution in [1.82, 2.24) is 5.32 Å². The van der Waals surface area contributed by atoms with Gasteiger partial charge >= 0.3 is 0 Å². The van der Waals surface area contributed by atoms with Crippen LogP contribution in [0.1, 0.15) is 64.2 Å². The summed E-state index contributed by atoms with van der Waals surface area (Å²) in [7, 11) is 0. The van der Waals surface area contributed by atoms with Crippen molar-refractivity contribution in [2.45, 2.75) is 82.4 Å². The van der Waals surface area contributed by atoms with E-state index in [1.807, 2.05) is 0 Å². The van der Waals surface area contributed by atoms with Crippen LogP contribution in [0, 0.1) is 0 Å². The zero-order valence-corrected chi connectivity index (χ0v) is 9.75. The molecule has 0 heterocycles. The monoisotopic (exact) mass is 211 g/mol. The van der Waals surface area contributed by atoms with Crippen LogP contribution in [-0.2, 0) is 0 Å². The second-order valence-electron chi connectivity index (χ2n) is 5.31. The van der Waals surface area contributed by atoms with Gasteiger partial charge in [0.2, 0.25) is 0 Å². The van der Waals surface area contributed by atoms with Gasteiger partial charge in [-0.2, -0.15) is 0 Å². The fourth-order valence-corrected chi connectivity index (χ4v) is 3.05. The third kappa shape index (κ3) is 3.46. The predicted octanol–water partition coefficient (Wildman–Crippen LogP) is 2.60. The van der Waals surface area contributed by atoms with Gasteiger partial charge in [-0.05, 0) is 25.7 Å². The van der Waals surface area contributed by atoms with Gasteiger partial charge in [0.1, 0.15) is 0 Å². The Labute approximate surface area is 93.5 Å². The van der Waals surface area contributed by atoms with Crippen LogP contribution in [0.2, 0.25) is 0 Å². The van der Waals surface area contributed by atoms with Crippen LogP contribution in [0.3, 0.4) is 0 Å². The van der Waals surface area contributed by atoms with E-state index < -0.39 is 0 Å². The molecule has 0 bridgehead atoms. The largest absolute Gasteiger partial charge is 0.392 e. The van der Waals surface area contributed by atoms with Crippen LogP contribution < -0.4 is 5.32 Å². The first-order valence-corrected chi connectivity index (χ1v) is 6.80. The Balaban J connectivity index is 1.78. The van der Waals surface area contributed by atoms with E-state index in [2.05, 4.69) is 5.32 Å². The maximum absolute atomic E-state index is 9.91. The average molecular weight is 211 g/mol. The average Bonchev–Trinajstić information content (AvgIpc) is 2.50. The fraction of sp³-hybridized carbons (Fsp3) is 1.00. The molecule has 2 aliphatic rings. The fourth-order valence-electron chi connectivity index (χ4n) is 3.05. The van der Waals surface area contributed by atoms with Crippen LogP contribution in [-0.4, -0.2) is 23.3 Å². The van der Waals surface area contributed by atoms with Gasteiger partial charge in [-0.15, -0.1) is 0 Å². The molecule has 2 fully saturated rings. The standard InChI is InChI=1S/C13H25NO/c15-13-10-6-5-9-12(13)14-11-7-3-1-2-4-8-11/h11-15H,1-10H2/t12-,13+/m0/s1. The quantitative estimate of drug-likeness (QED) is 0.688. The van der Waals surface area contributed by atoms with E-state index in [-0.39, 0.29) is 6.10 Å². The minimum absolute atomic E-state index is 0.0815. The molecule has 0 aromatic rings. The molecule has 0 spiro atoms. The van der Waals surface area contributed by atoms with Crippen molar-refractivity contribution >= 4 is 0 Å². The summed E-state index contributed by atoms with van der Waals surface area (Å²) in [4.78, 5) is 0. The van der Waals surface area contributed by atoms with Crippen molar-refractivity contribution in [2.24, 2.45) is 0 Å². The van der Waals surface area contributed by atoms with Crippen molar-refractivity contribution in [3.63, 3.8) is 0 Å². The minimum Gasteiger partial charge on any atom is -0.392 e. The molecule has 2 N–H and O–H groups in total. The van der Waals surface area contributed by atoms with Gasteiger partial charge in [-0.1, -0.05) is 38.5 Å². The maximum atomic E-state index is 9.91. The zero-order chi connectivity index (χ0) is 10.5. The molecule has 2 aliphatic carbocycles. The molecule has 0 radical (unpaired) electrons. The summed E-state index contributed by atoms with van der Waals surface area (Å²) in [6.07, 6.45) is 12.8. The minimum atomic E-state index is -0.0815. The Bertz CT molecular complexity index is 175. The lowest BCUT2D eigenvalue weighted by molar-refractivity contribution is 0.0836. The molecule has 0 unspecified atom stereocenters. The second kappa shape index (κ2) is 5.86. The van der Waals surface area contributed by atoms with E-state index >= 15 is 0 Å². The molecule has 0 saturated heterocycles. The van der Waals surface area contributed by atoms with Crippen molar-refractivity contribution < 1.29 is 5.11 Å². The maximum Gasteiger partial charge on any atom is 0.0693 e. The molecular weight excluding hydrogens is 186 g/mol. The van der Waals surface area contributed by atoms with Crippen molar-refractivity contribution in [2.75, 3.05) is 0 Å². The van der Waals surface area contributed by atoms with E-state index in [0.29, 0.717) is 12.1 Å².